The number of aromatic hydroxyl groups is 1. The largest absolute Gasteiger partial charge is 0.507 e. The van der Waals surface area contributed by atoms with Gasteiger partial charge in [-0.1, -0.05) is 13.8 Å². The summed E-state index contributed by atoms with van der Waals surface area (Å²) in [5.41, 5.74) is 2.35. The number of fused-ring (bicyclic) bond motifs is 2. The summed E-state index contributed by atoms with van der Waals surface area (Å²) in [5, 5.41) is 19.1. The van der Waals surface area contributed by atoms with Gasteiger partial charge in [0.25, 0.3) is 0 Å². The average molecular weight is 498 g/mol. The van der Waals surface area contributed by atoms with E-state index in [0.717, 1.165) is 18.7 Å². The highest BCUT2D eigenvalue weighted by Gasteiger charge is 2.50. The number of ether oxygens (including phenoxy) is 1. The van der Waals surface area contributed by atoms with Crippen molar-refractivity contribution < 1.29 is 14.2 Å². The van der Waals surface area contributed by atoms with Crippen molar-refractivity contribution in [3.63, 3.8) is 0 Å². The number of anilines is 1. The van der Waals surface area contributed by atoms with Crippen molar-refractivity contribution in [1.82, 2.24) is 15.2 Å². The molecule has 5 rings (SSSR count). The fourth-order valence-electron chi connectivity index (χ4n) is 6.45. The van der Waals surface area contributed by atoms with Gasteiger partial charge in [-0.3, -0.25) is 0 Å². The molecule has 0 unspecified atom stereocenters. The number of rotatable bonds is 6. The third-order valence-electron chi connectivity index (χ3n) is 8.01. The first-order chi connectivity index (χ1) is 17.3. The number of hydrogen-bond donors (Lipinski definition) is 1. The first-order valence-corrected chi connectivity index (χ1v) is 13.1. The monoisotopic (exact) mass is 498 g/mol. The number of hydrogen-bond acceptors (Lipinski definition) is 6. The van der Waals surface area contributed by atoms with Gasteiger partial charge in [0.15, 0.2) is 5.82 Å². The van der Waals surface area contributed by atoms with Crippen molar-refractivity contribution in [3.05, 3.63) is 48.4 Å². The summed E-state index contributed by atoms with van der Waals surface area (Å²) in [4.78, 5) is 6.45. The maximum atomic E-state index is 15.3. The molecular formula is C27H34B3FN4O2. The predicted octanol–water partition coefficient (Wildman–Crippen LogP) is 2.73. The van der Waals surface area contributed by atoms with Gasteiger partial charge in [0.2, 0.25) is 5.88 Å². The Balaban J connectivity index is 1.37. The zero-order valence-corrected chi connectivity index (χ0v) is 22.7. The SMILES string of the molecule is BC(B)(B)Oc1cc(-c2cc(O)c(-c3ccc(N(C)[C@H]4C[C@]5(C)CC[C@](C)(C4)C5)nn3)c(F)c2)ccn1. The van der Waals surface area contributed by atoms with E-state index in [1.807, 2.05) is 29.6 Å². The van der Waals surface area contributed by atoms with Gasteiger partial charge in [-0.25, -0.2) is 9.37 Å². The van der Waals surface area contributed by atoms with Crippen LogP contribution >= 0.6 is 0 Å². The second kappa shape index (κ2) is 9.07. The van der Waals surface area contributed by atoms with Crippen LogP contribution in [0.5, 0.6) is 11.6 Å². The Kier molecular flexibility index (Phi) is 6.28. The highest BCUT2D eigenvalue weighted by molar-refractivity contribution is 6.58. The lowest BCUT2D eigenvalue weighted by atomic mass is 9.52. The molecule has 2 fully saturated rings. The first kappa shape index (κ1) is 25.6. The van der Waals surface area contributed by atoms with Crippen molar-refractivity contribution in [3.8, 4) is 34.0 Å². The molecular weight excluding hydrogens is 464 g/mol. The van der Waals surface area contributed by atoms with E-state index < -0.39 is 11.1 Å². The first-order valence-electron chi connectivity index (χ1n) is 13.1. The Morgan fingerprint density at radius 3 is 2.32 bits per heavy atom. The number of phenols is 1. The molecule has 10 heteroatoms. The van der Waals surface area contributed by atoms with Gasteiger partial charge in [0, 0.05) is 30.7 Å². The van der Waals surface area contributed by atoms with Crippen molar-refractivity contribution in [2.24, 2.45) is 10.8 Å². The molecule has 2 aliphatic carbocycles. The lowest BCUT2D eigenvalue weighted by Crippen LogP contribution is -2.42. The van der Waals surface area contributed by atoms with Crippen LogP contribution in [0.3, 0.4) is 0 Å². The van der Waals surface area contributed by atoms with Gasteiger partial charge < -0.3 is 14.7 Å². The van der Waals surface area contributed by atoms with E-state index in [1.54, 1.807) is 24.4 Å². The van der Waals surface area contributed by atoms with Crippen molar-refractivity contribution in [2.75, 3.05) is 11.9 Å². The van der Waals surface area contributed by atoms with Gasteiger partial charge >= 0.3 is 0 Å². The highest BCUT2D eigenvalue weighted by Crippen LogP contribution is 2.58. The van der Waals surface area contributed by atoms with E-state index in [4.69, 9.17) is 4.74 Å². The number of nitrogens with zero attached hydrogens (tertiary/aromatic N) is 4. The van der Waals surface area contributed by atoms with Crippen LogP contribution in [0.25, 0.3) is 22.4 Å². The summed E-state index contributed by atoms with van der Waals surface area (Å²) in [6.45, 7) is 4.82. The average Bonchev–Trinajstić information content (AvgIpc) is 3.04. The van der Waals surface area contributed by atoms with Gasteiger partial charge in [-0.2, -0.15) is 0 Å². The molecule has 1 aromatic carbocycles. The second-order valence-electron chi connectivity index (χ2n) is 12.7. The predicted molar refractivity (Wildman–Crippen MR) is 153 cm³/mol. The van der Waals surface area contributed by atoms with Crippen molar-refractivity contribution in [2.45, 2.75) is 57.3 Å². The van der Waals surface area contributed by atoms with Crippen LogP contribution in [-0.4, -0.2) is 62.2 Å². The maximum Gasteiger partial charge on any atom is 0.212 e. The van der Waals surface area contributed by atoms with E-state index in [-0.39, 0.29) is 11.3 Å². The van der Waals surface area contributed by atoms with Gasteiger partial charge in [-0.15, -0.1) is 10.2 Å². The molecule has 3 atom stereocenters. The van der Waals surface area contributed by atoms with Gasteiger partial charge in [-0.05, 0) is 84.4 Å². The van der Waals surface area contributed by atoms with Crippen LogP contribution in [-0.2, 0) is 0 Å². The molecule has 2 aliphatic rings. The van der Waals surface area contributed by atoms with Gasteiger partial charge in [0.05, 0.1) is 11.3 Å². The normalized spacial score (nSPS) is 25.1. The molecule has 3 aromatic rings. The lowest BCUT2D eigenvalue weighted by molar-refractivity contribution is 0.148. The molecule has 1 N–H and O–H groups in total. The second-order valence-corrected chi connectivity index (χ2v) is 12.7. The molecule has 2 aromatic heterocycles. The quantitative estimate of drug-likeness (QED) is 0.528. The Morgan fingerprint density at radius 2 is 1.73 bits per heavy atom. The summed E-state index contributed by atoms with van der Waals surface area (Å²) in [7, 11) is 7.88. The van der Waals surface area contributed by atoms with Crippen molar-refractivity contribution >= 4 is 29.4 Å². The third-order valence-corrected chi connectivity index (χ3v) is 8.01. The lowest BCUT2D eigenvalue weighted by Gasteiger charge is -2.44. The number of halogens is 1. The third kappa shape index (κ3) is 5.34. The summed E-state index contributed by atoms with van der Waals surface area (Å²) >= 11 is 0. The van der Waals surface area contributed by atoms with E-state index >= 15 is 4.39 Å². The van der Waals surface area contributed by atoms with Crippen LogP contribution in [0, 0.1) is 16.6 Å². The van der Waals surface area contributed by atoms with E-state index in [2.05, 4.69) is 41.0 Å². The number of aromatic nitrogens is 3. The van der Waals surface area contributed by atoms with Crippen LogP contribution < -0.4 is 9.64 Å². The molecule has 6 nitrogen and oxygen atoms in total. The Bertz CT molecular complexity index is 1280. The summed E-state index contributed by atoms with van der Waals surface area (Å²) in [5.74, 6) is 0.450. The van der Waals surface area contributed by atoms with Crippen LogP contribution in [0.1, 0.15) is 46.0 Å². The van der Waals surface area contributed by atoms with E-state index in [9.17, 15) is 5.11 Å². The fourth-order valence-corrected chi connectivity index (χ4v) is 6.45. The summed E-state index contributed by atoms with van der Waals surface area (Å²) < 4.78 is 21.1. The molecule has 0 radical (unpaired) electrons. The highest BCUT2D eigenvalue weighted by atomic mass is 19.1. The molecule has 190 valence electrons. The minimum atomic E-state index is -0.565. The molecule has 0 spiro atoms. The Hall–Kier alpha value is -3.03. The van der Waals surface area contributed by atoms with E-state index in [0.29, 0.717) is 39.6 Å². The molecule has 0 amide bonds. The molecule has 2 bridgehead atoms. The summed E-state index contributed by atoms with van der Waals surface area (Å²) in [6, 6.07) is 10.4. The number of phenolic OH excluding ortho intramolecular Hbond substituents is 1. The maximum absolute atomic E-state index is 15.3. The smallest absolute Gasteiger partial charge is 0.212 e. The van der Waals surface area contributed by atoms with Crippen LogP contribution in [0.4, 0.5) is 10.2 Å². The Morgan fingerprint density at radius 1 is 1.03 bits per heavy atom. The van der Waals surface area contributed by atoms with Crippen LogP contribution in [0.2, 0.25) is 0 Å². The summed E-state index contributed by atoms with van der Waals surface area (Å²) in [6.07, 6.45) is 7.79. The minimum Gasteiger partial charge on any atom is -0.507 e. The zero-order valence-electron chi connectivity index (χ0n) is 22.7. The zero-order chi connectivity index (χ0) is 26.6. The molecule has 0 saturated heterocycles. The molecule has 2 heterocycles. The number of pyridine rings is 1. The molecule has 37 heavy (non-hydrogen) atoms. The molecule has 2 saturated carbocycles. The van der Waals surface area contributed by atoms with E-state index in [1.165, 1.54) is 31.4 Å². The number of benzene rings is 1. The van der Waals surface area contributed by atoms with Crippen molar-refractivity contribution in [1.29, 1.82) is 0 Å². The fraction of sp³-hybridized carbons (Fsp3) is 0.444. The minimum absolute atomic E-state index is 0.0430. The molecule has 0 aliphatic heterocycles. The van der Waals surface area contributed by atoms with Gasteiger partial charge in [0.1, 0.15) is 35.1 Å². The Labute approximate surface area is 221 Å². The topological polar surface area (TPSA) is 71.4 Å². The van der Waals surface area contributed by atoms with Crippen LogP contribution in [0.15, 0.2) is 42.6 Å². The standard InChI is InChI=1S/C27H34B3FN4O2/c1-25-7-8-26(2,15-25)14-18(13-25)35(3)22-5-4-20(33-34-22)24-19(31)10-17(11-21(24)36)16-6-9-32-23(12-16)37-27(28,29)30/h4-6,9-12,18,36H,7-8,13-15,28-30H2,1-3H3/t18-,25-,26+.